The Morgan fingerprint density at radius 3 is 2.05 bits per heavy atom. The zero-order valence-electron chi connectivity index (χ0n) is 14.2. The van der Waals surface area contributed by atoms with Crippen molar-refractivity contribution in [1.29, 1.82) is 0 Å². The lowest BCUT2D eigenvalue weighted by atomic mass is 9.94. The molecule has 0 unspecified atom stereocenters. The largest absolute Gasteiger partial charge is 0.444 e. The number of aliphatic hydroxyl groups is 1. The molecule has 0 aromatic heterocycles. The molecule has 3 N–H and O–H groups in total. The highest BCUT2D eigenvalue weighted by molar-refractivity contribution is 5.85. The van der Waals surface area contributed by atoms with Gasteiger partial charge in [-0.15, -0.1) is 0 Å². The maximum absolute atomic E-state index is 12.2. The summed E-state index contributed by atoms with van der Waals surface area (Å²) >= 11 is 0. The summed E-state index contributed by atoms with van der Waals surface area (Å²) in [7, 11) is 0. The van der Waals surface area contributed by atoms with Crippen molar-refractivity contribution >= 4 is 12.0 Å². The first-order valence-corrected chi connectivity index (χ1v) is 7.26. The molecule has 0 saturated carbocycles. The first-order chi connectivity index (χ1) is 9.38. The third-order valence-electron chi connectivity index (χ3n) is 2.79. The third-order valence-corrected chi connectivity index (χ3v) is 2.79. The molecule has 0 spiro atoms. The summed E-state index contributed by atoms with van der Waals surface area (Å²) in [4.78, 5) is 24.0. The molecule has 0 aliphatic rings. The minimum Gasteiger partial charge on any atom is -0.444 e. The second-order valence-corrected chi connectivity index (χ2v) is 7.41. The second kappa shape index (κ2) is 7.64. The third kappa shape index (κ3) is 8.55. The number of carbonyl (C=O) groups is 2. The van der Waals surface area contributed by atoms with E-state index in [1.165, 1.54) is 0 Å². The van der Waals surface area contributed by atoms with E-state index in [1.54, 1.807) is 20.8 Å². The zero-order valence-corrected chi connectivity index (χ0v) is 14.2. The van der Waals surface area contributed by atoms with Crippen LogP contribution in [0.25, 0.3) is 0 Å². The number of alkyl carbamates (subject to hydrolysis) is 1. The molecule has 0 aliphatic heterocycles. The fraction of sp³-hybridized carbons (Fsp3) is 0.867. The van der Waals surface area contributed by atoms with Gasteiger partial charge in [0.15, 0.2) is 0 Å². The van der Waals surface area contributed by atoms with Gasteiger partial charge < -0.3 is 20.5 Å². The Hall–Kier alpha value is -1.30. The molecule has 0 bridgehead atoms. The summed E-state index contributed by atoms with van der Waals surface area (Å²) < 4.78 is 5.17. The van der Waals surface area contributed by atoms with E-state index in [9.17, 15) is 14.7 Å². The molecule has 6 heteroatoms. The fourth-order valence-electron chi connectivity index (χ4n) is 1.46. The summed E-state index contributed by atoms with van der Waals surface area (Å²) in [6.07, 6.45) is -0.613. The van der Waals surface area contributed by atoms with Crippen molar-refractivity contribution in [1.82, 2.24) is 10.6 Å². The van der Waals surface area contributed by atoms with Crippen molar-refractivity contribution < 1.29 is 19.4 Å². The van der Waals surface area contributed by atoms with Crippen molar-refractivity contribution in [2.45, 2.75) is 60.1 Å². The van der Waals surface area contributed by atoms with Crippen molar-refractivity contribution in [2.75, 3.05) is 13.2 Å². The monoisotopic (exact) mass is 302 g/mol. The SMILES string of the molecule is CC(C)[C@H](NC(=O)OC(C)(C)C)C(=O)NCC(C)(C)CO. The lowest BCUT2D eigenvalue weighted by Crippen LogP contribution is -2.52. The van der Waals surface area contributed by atoms with Crippen LogP contribution in [0.3, 0.4) is 0 Å². The lowest BCUT2D eigenvalue weighted by molar-refractivity contribution is -0.124. The van der Waals surface area contributed by atoms with E-state index in [0.717, 1.165) is 0 Å². The van der Waals surface area contributed by atoms with Crippen LogP contribution in [0.1, 0.15) is 48.5 Å². The van der Waals surface area contributed by atoms with Gasteiger partial charge in [0.1, 0.15) is 11.6 Å². The van der Waals surface area contributed by atoms with Gasteiger partial charge in [-0.1, -0.05) is 27.7 Å². The topological polar surface area (TPSA) is 87.7 Å². The van der Waals surface area contributed by atoms with Gasteiger partial charge in [0.25, 0.3) is 0 Å². The first kappa shape index (κ1) is 19.7. The molecule has 21 heavy (non-hydrogen) atoms. The average Bonchev–Trinajstić information content (AvgIpc) is 2.30. The summed E-state index contributed by atoms with van der Waals surface area (Å²) in [5, 5.41) is 14.5. The van der Waals surface area contributed by atoms with E-state index >= 15 is 0 Å². The Kier molecular flexibility index (Phi) is 7.16. The average molecular weight is 302 g/mol. The molecule has 0 aliphatic carbocycles. The number of ether oxygens (including phenoxy) is 1. The molecule has 0 aromatic rings. The minimum absolute atomic E-state index is 0.0287. The first-order valence-electron chi connectivity index (χ1n) is 7.26. The van der Waals surface area contributed by atoms with Crippen LogP contribution >= 0.6 is 0 Å². The van der Waals surface area contributed by atoms with Gasteiger partial charge in [-0.2, -0.15) is 0 Å². The van der Waals surface area contributed by atoms with Crippen LogP contribution in [-0.4, -0.2) is 41.9 Å². The number of hydrogen-bond donors (Lipinski definition) is 3. The molecule has 0 radical (unpaired) electrons. The highest BCUT2D eigenvalue weighted by atomic mass is 16.6. The molecule has 1 atom stereocenters. The van der Waals surface area contributed by atoms with Crippen molar-refractivity contribution in [2.24, 2.45) is 11.3 Å². The van der Waals surface area contributed by atoms with Crippen LogP contribution < -0.4 is 10.6 Å². The predicted octanol–water partition coefficient (Wildman–Crippen LogP) is 1.67. The fourth-order valence-corrected chi connectivity index (χ4v) is 1.46. The summed E-state index contributed by atoms with van der Waals surface area (Å²) in [6.45, 7) is 13.0. The number of amides is 2. The highest BCUT2D eigenvalue weighted by Gasteiger charge is 2.28. The van der Waals surface area contributed by atoms with Gasteiger partial charge in [0.2, 0.25) is 5.91 Å². The van der Waals surface area contributed by atoms with Crippen molar-refractivity contribution in [3.8, 4) is 0 Å². The van der Waals surface area contributed by atoms with Crippen molar-refractivity contribution in [3.63, 3.8) is 0 Å². The Bertz CT molecular complexity index is 359. The van der Waals surface area contributed by atoms with Gasteiger partial charge in [0, 0.05) is 18.6 Å². The number of rotatable bonds is 6. The van der Waals surface area contributed by atoms with Crippen LogP contribution in [0, 0.1) is 11.3 Å². The van der Waals surface area contributed by atoms with Crippen molar-refractivity contribution in [3.05, 3.63) is 0 Å². The molecule has 6 nitrogen and oxygen atoms in total. The number of aliphatic hydroxyl groups excluding tert-OH is 1. The zero-order chi connectivity index (χ0) is 16.8. The second-order valence-electron chi connectivity index (χ2n) is 7.41. The van der Waals surface area contributed by atoms with Gasteiger partial charge >= 0.3 is 6.09 Å². The Balaban J connectivity index is 4.62. The van der Waals surface area contributed by atoms with Gasteiger partial charge in [-0.3, -0.25) is 4.79 Å². The van der Waals surface area contributed by atoms with Crippen LogP contribution in [0.15, 0.2) is 0 Å². The Morgan fingerprint density at radius 1 is 1.14 bits per heavy atom. The molecule has 124 valence electrons. The van der Waals surface area contributed by atoms with E-state index in [1.807, 2.05) is 27.7 Å². The van der Waals surface area contributed by atoms with E-state index in [4.69, 9.17) is 4.74 Å². The Morgan fingerprint density at radius 2 is 1.67 bits per heavy atom. The van der Waals surface area contributed by atoms with E-state index in [0.29, 0.717) is 6.54 Å². The quantitative estimate of drug-likeness (QED) is 0.696. The number of carbonyl (C=O) groups excluding carboxylic acids is 2. The molecule has 0 aromatic carbocycles. The van der Waals surface area contributed by atoms with Gasteiger partial charge in [-0.25, -0.2) is 4.79 Å². The van der Waals surface area contributed by atoms with E-state index in [-0.39, 0.29) is 18.4 Å². The summed E-state index contributed by atoms with van der Waals surface area (Å²) in [6, 6.07) is -0.672. The van der Waals surface area contributed by atoms with Gasteiger partial charge in [-0.05, 0) is 26.7 Å². The van der Waals surface area contributed by atoms with Crippen LogP contribution in [-0.2, 0) is 9.53 Å². The number of nitrogens with one attached hydrogen (secondary N) is 2. The molecule has 2 amide bonds. The summed E-state index contributed by atoms with van der Waals surface area (Å²) in [5.74, 6) is -0.354. The number of hydrogen-bond acceptors (Lipinski definition) is 4. The maximum Gasteiger partial charge on any atom is 0.408 e. The molecule has 0 heterocycles. The van der Waals surface area contributed by atoms with E-state index in [2.05, 4.69) is 10.6 Å². The molecule has 0 rings (SSSR count). The minimum atomic E-state index is -0.672. The highest BCUT2D eigenvalue weighted by Crippen LogP contribution is 2.12. The maximum atomic E-state index is 12.2. The normalized spacial score (nSPS) is 13.8. The van der Waals surface area contributed by atoms with Crippen LogP contribution in [0.5, 0.6) is 0 Å². The smallest absolute Gasteiger partial charge is 0.408 e. The lowest BCUT2D eigenvalue weighted by Gasteiger charge is -2.27. The summed E-state index contributed by atoms with van der Waals surface area (Å²) in [5.41, 5.74) is -1.01. The van der Waals surface area contributed by atoms with Crippen LogP contribution in [0.2, 0.25) is 0 Å². The Labute approximate surface area is 127 Å². The predicted molar refractivity (Wildman–Crippen MR) is 81.9 cm³/mol. The molecular formula is C15H30N2O4. The molecule has 0 saturated heterocycles. The van der Waals surface area contributed by atoms with Crippen LogP contribution in [0.4, 0.5) is 4.79 Å². The molecule has 0 fully saturated rings. The molecular weight excluding hydrogens is 272 g/mol. The van der Waals surface area contributed by atoms with E-state index < -0.39 is 23.2 Å². The van der Waals surface area contributed by atoms with Gasteiger partial charge in [0.05, 0.1) is 0 Å². The standard InChI is InChI=1S/C15H30N2O4/c1-10(2)11(17-13(20)21-14(3,4)5)12(19)16-8-15(6,7)9-18/h10-11,18H,8-9H2,1-7H3,(H,16,19)(H,17,20)/t11-/m0/s1.